The zero-order chi connectivity index (χ0) is 19.7. The molecule has 0 aliphatic rings. The fourth-order valence-electron chi connectivity index (χ4n) is 2.34. The predicted molar refractivity (Wildman–Crippen MR) is 90.4 cm³/mol. The average molecular weight is 398 g/mol. The fraction of sp³-hybridized carbons (Fsp3) is 0.125. The SMILES string of the molecule is Cn1cnnc1-c1ccccc1NS(=O)(=O)c1cccc(OC(F)(F)F)c1. The van der Waals surface area contributed by atoms with Crippen molar-refractivity contribution >= 4 is 15.7 Å². The Balaban J connectivity index is 1.95. The molecule has 0 radical (unpaired) electrons. The monoisotopic (exact) mass is 398 g/mol. The lowest BCUT2D eigenvalue weighted by molar-refractivity contribution is -0.274. The van der Waals surface area contributed by atoms with Crippen LogP contribution < -0.4 is 9.46 Å². The van der Waals surface area contributed by atoms with Crippen molar-refractivity contribution < 1.29 is 26.3 Å². The minimum Gasteiger partial charge on any atom is -0.406 e. The van der Waals surface area contributed by atoms with E-state index in [9.17, 15) is 21.6 Å². The molecule has 0 spiro atoms. The van der Waals surface area contributed by atoms with E-state index in [4.69, 9.17) is 0 Å². The van der Waals surface area contributed by atoms with E-state index in [1.54, 1.807) is 29.8 Å². The lowest BCUT2D eigenvalue weighted by Crippen LogP contribution is -2.18. The summed E-state index contributed by atoms with van der Waals surface area (Å²) in [5, 5.41) is 7.69. The highest BCUT2D eigenvalue weighted by atomic mass is 32.2. The topological polar surface area (TPSA) is 86.1 Å². The molecule has 0 fully saturated rings. The van der Waals surface area contributed by atoms with Gasteiger partial charge in [0.15, 0.2) is 5.82 Å². The first kappa shape index (κ1) is 18.7. The van der Waals surface area contributed by atoms with Crippen molar-refractivity contribution in [2.45, 2.75) is 11.3 Å². The molecule has 0 atom stereocenters. The minimum absolute atomic E-state index is 0.204. The summed E-state index contributed by atoms with van der Waals surface area (Å²) in [5.41, 5.74) is 0.666. The van der Waals surface area contributed by atoms with E-state index in [2.05, 4.69) is 19.7 Å². The number of nitrogens with zero attached hydrogens (tertiary/aromatic N) is 3. The molecule has 2 aromatic carbocycles. The van der Waals surface area contributed by atoms with Gasteiger partial charge in [0.25, 0.3) is 10.0 Å². The largest absolute Gasteiger partial charge is 0.573 e. The Morgan fingerprint density at radius 2 is 1.85 bits per heavy atom. The van der Waals surface area contributed by atoms with Gasteiger partial charge in [-0.05, 0) is 24.3 Å². The highest BCUT2D eigenvalue weighted by molar-refractivity contribution is 7.92. The van der Waals surface area contributed by atoms with Crippen LogP contribution in [0.1, 0.15) is 0 Å². The van der Waals surface area contributed by atoms with Crippen LogP contribution in [0, 0.1) is 0 Å². The molecule has 11 heteroatoms. The van der Waals surface area contributed by atoms with Crippen molar-refractivity contribution in [3.05, 3.63) is 54.9 Å². The zero-order valence-corrected chi connectivity index (χ0v) is 14.6. The molecule has 0 saturated carbocycles. The normalized spacial score (nSPS) is 12.0. The Hall–Kier alpha value is -3.08. The number of ether oxygens (including phenoxy) is 1. The summed E-state index contributed by atoms with van der Waals surface area (Å²) in [6.07, 6.45) is -3.47. The van der Waals surface area contributed by atoms with Crippen molar-refractivity contribution in [1.29, 1.82) is 0 Å². The number of sulfonamides is 1. The standard InChI is InChI=1S/C16H13F3N4O3S/c1-23-10-20-21-15(23)13-7-2-3-8-14(13)22-27(24,25)12-6-4-5-11(9-12)26-16(17,18)19/h2-10,22H,1H3. The lowest BCUT2D eigenvalue weighted by atomic mass is 10.2. The maximum Gasteiger partial charge on any atom is 0.573 e. The number of alkyl halides is 3. The van der Waals surface area contributed by atoms with Gasteiger partial charge in [-0.2, -0.15) is 0 Å². The van der Waals surface area contributed by atoms with Crippen LogP contribution in [-0.2, 0) is 17.1 Å². The maximum atomic E-state index is 12.6. The van der Waals surface area contributed by atoms with Gasteiger partial charge < -0.3 is 9.30 Å². The molecule has 7 nitrogen and oxygen atoms in total. The first-order chi connectivity index (χ1) is 12.7. The van der Waals surface area contributed by atoms with E-state index in [-0.39, 0.29) is 10.6 Å². The first-order valence-electron chi connectivity index (χ1n) is 7.48. The van der Waals surface area contributed by atoms with Crippen molar-refractivity contribution in [1.82, 2.24) is 14.8 Å². The van der Waals surface area contributed by atoms with Gasteiger partial charge in [0.2, 0.25) is 0 Å². The van der Waals surface area contributed by atoms with Gasteiger partial charge >= 0.3 is 6.36 Å². The molecule has 0 bridgehead atoms. The van der Waals surface area contributed by atoms with Gasteiger partial charge in [-0.1, -0.05) is 18.2 Å². The molecule has 0 amide bonds. The highest BCUT2D eigenvalue weighted by Gasteiger charge is 2.31. The third-order valence-corrected chi connectivity index (χ3v) is 4.84. The molecular formula is C16H13F3N4O3S. The quantitative estimate of drug-likeness (QED) is 0.713. The van der Waals surface area contributed by atoms with Crippen LogP contribution in [0.4, 0.5) is 18.9 Å². The van der Waals surface area contributed by atoms with Crippen molar-refractivity contribution in [3.63, 3.8) is 0 Å². The maximum absolute atomic E-state index is 12.6. The third-order valence-electron chi connectivity index (χ3n) is 3.47. The number of nitrogens with one attached hydrogen (secondary N) is 1. The molecule has 1 N–H and O–H groups in total. The summed E-state index contributed by atoms with van der Waals surface area (Å²) < 4.78 is 70.1. The Morgan fingerprint density at radius 1 is 1.11 bits per heavy atom. The molecule has 0 unspecified atom stereocenters. The Kier molecular flexibility index (Phi) is 4.79. The number of para-hydroxylation sites is 1. The molecule has 1 heterocycles. The summed E-state index contributed by atoms with van der Waals surface area (Å²) in [6.45, 7) is 0. The summed E-state index contributed by atoms with van der Waals surface area (Å²) in [4.78, 5) is -0.378. The lowest BCUT2D eigenvalue weighted by Gasteiger charge is -2.13. The van der Waals surface area contributed by atoms with E-state index in [1.165, 1.54) is 12.4 Å². The number of rotatable bonds is 5. The van der Waals surface area contributed by atoms with Crippen LogP contribution in [-0.4, -0.2) is 29.5 Å². The highest BCUT2D eigenvalue weighted by Crippen LogP contribution is 2.29. The van der Waals surface area contributed by atoms with Gasteiger partial charge in [0.05, 0.1) is 10.6 Å². The number of hydrogen-bond acceptors (Lipinski definition) is 5. The number of benzene rings is 2. The minimum atomic E-state index is -4.92. The van der Waals surface area contributed by atoms with E-state index in [0.29, 0.717) is 11.4 Å². The molecule has 3 aromatic rings. The summed E-state index contributed by atoms with van der Waals surface area (Å²) >= 11 is 0. The Labute approximate surface area is 152 Å². The predicted octanol–water partition coefficient (Wildman–Crippen LogP) is 3.18. The number of aromatic nitrogens is 3. The van der Waals surface area contributed by atoms with Crippen molar-refractivity contribution in [2.24, 2.45) is 7.05 Å². The van der Waals surface area contributed by atoms with Gasteiger partial charge in [-0.15, -0.1) is 23.4 Å². The second-order valence-electron chi connectivity index (χ2n) is 5.44. The number of anilines is 1. The molecule has 142 valence electrons. The van der Waals surface area contributed by atoms with E-state index in [1.807, 2.05) is 0 Å². The van der Waals surface area contributed by atoms with Crippen LogP contribution in [0.25, 0.3) is 11.4 Å². The van der Waals surface area contributed by atoms with Crippen molar-refractivity contribution in [2.75, 3.05) is 4.72 Å². The third kappa shape index (κ3) is 4.37. The van der Waals surface area contributed by atoms with E-state index >= 15 is 0 Å². The van der Waals surface area contributed by atoms with Crippen LogP contribution in [0.15, 0.2) is 59.8 Å². The second-order valence-corrected chi connectivity index (χ2v) is 7.12. The Bertz CT molecular complexity index is 1060. The summed E-state index contributed by atoms with van der Waals surface area (Å²) in [5.74, 6) is -0.214. The van der Waals surface area contributed by atoms with Gasteiger partial charge in [-0.3, -0.25) is 4.72 Å². The van der Waals surface area contributed by atoms with Crippen LogP contribution in [0.5, 0.6) is 5.75 Å². The molecule has 0 saturated heterocycles. The molecule has 3 rings (SSSR count). The van der Waals surface area contributed by atoms with E-state index in [0.717, 1.165) is 24.3 Å². The number of aryl methyl sites for hydroxylation is 1. The fourth-order valence-corrected chi connectivity index (χ4v) is 3.45. The number of halogens is 3. The molecule has 0 aliphatic heterocycles. The van der Waals surface area contributed by atoms with Gasteiger partial charge in [-0.25, -0.2) is 8.42 Å². The molecular weight excluding hydrogens is 385 g/mol. The van der Waals surface area contributed by atoms with Gasteiger partial charge in [0, 0.05) is 18.7 Å². The van der Waals surface area contributed by atoms with Crippen LogP contribution in [0.3, 0.4) is 0 Å². The smallest absolute Gasteiger partial charge is 0.406 e. The van der Waals surface area contributed by atoms with Crippen molar-refractivity contribution in [3.8, 4) is 17.1 Å². The van der Waals surface area contributed by atoms with Gasteiger partial charge in [0.1, 0.15) is 12.1 Å². The number of hydrogen-bond donors (Lipinski definition) is 1. The summed E-state index contributed by atoms with van der Waals surface area (Å²) in [6, 6.07) is 10.6. The molecule has 27 heavy (non-hydrogen) atoms. The molecule has 0 aliphatic carbocycles. The molecule has 1 aromatic heterocycles. The Morgan fingerprint density at radius 3 is 2.52 bits per heavy atom. The first-order valence-corrected chi connectivity index (χ1v) is 8.96. The second kappa shape index (κ2) is 6.91. The van der Waals surface area contributed by atoms with E-state index < -0.39 is 22.1 Å². The zero-order valence-electron chi connectivity index (χ0n) is 13.8. The van der Waals surface area contributed by atoms with Crippen LogP contribution >= 0.6 is 0 Å². The average Bonchev–Trinajstić information content (AvgIpc) is 3.00. The summed E-state index contributed by atoms with van der Waals surface area (Å²) in [7, 11) is -2.48. The van der Waals surface area contributed by atoms with Crippen LogP contribution in [0.2, 0.25) is 0 Å².